The smallest absolute Gasteiger partial charge is 0.338 e. The molecule has 1 aliphatic rings. The SMILES string of the molecule is CCNc1cc(C(=O)OC(C)(C)C)cc(N2CCCCS2(=O)=O)c1. The maximum absolute atomic E-state index is 12.4. The molecule has 0 unspecified atom stereocenters. The molecule has 24 heavy (non-hydrogen) atoms. The number of nitrogens with one attached hydrogen (secondary N) is 1. The third-order valence-corrected chi connectivity index (χ3v) is 5.44. The van der Waals surface area contributed by atoms with Gasteiger partial charge in [0.1, 0.15) is 5.60 Å². The highest BCUT2D eigenvalue weighted by Crippen LogP contribution is 2.28. The zero-order valence-corrected chi connectivity index (χ0v) is 15.6. The van der Waals surface area contributed by atoms with Gasteiger partial charge in [-0.25, -0.2) is 13.2 Å². The first-order valence-electron chi connectivity index (χ1n) is 8.25. The number of sulfonamides is 1. The number of hydrogen-bond acceptors (Lipinski definition) is 5. The molecule has 1 fully saturated rings. The van der Waals surface area contributed by atoms with E-state index in [1.54, 1.807) is 39.0 Å². The lowest BCUT2D eigenvalue weighted by Crippen LogP contribution is -2.38. The molecule has 1 aromatic rings. The minimum absolute atomic E-state index is 0.139. The summed E-state index contributed by atoms with van der Waals surface area (Å²) in [6, 6.07) is 5.05. The number of carbonyl (C=O) groups excluding carboxylic acids is 1. The van der Waals surface area contributed by atoms with Crippen LogP contribution in [0.1, 0.15) is 50.9 Å². The van der Waals surface area contributed by atoms with Crippen LogP contribution in [-0.2, 0) is 14.8 Å². The average molecular weight is 354 g/mol. The number of ether oxygens (including phenoxy) is 1. The number of anilines is 2. The molecule has 0 atom stereocenters. The molecule has 0 aromatic heterocycles. The van der Waals surface area contributed by atoms with Crippen LogP contribution in [0.25, 0.3) is 0 Å². The number of benzene rings is 1. The third-order valence-electron chi connectivity index (χ3n) is 3.57. The van der Waals surface area contributed by atoms with Crippen LogP contribution < -0.4 is 9.62 Å². The van der Waals surface area contributed by atoms with Crippen LogP contribution >= 0.6 is 0 Å². The molecule has 1 saturated heterocycles. The molecule has 0 bridgehead atoms. The van der Waals surface area contributed by atoms with E-state index in [4.69, 9.17) is 4.74 Å². The molecule has 6 nitrogen and oxygen atoms in total. The molecule has 1 aromatic carbocycles. The fraction of sp³-hybridized carbons (Fsp3) is 0.588. The Morgan fingerprint density at radius 2 is 1.96 bits per heavy atom. The van der Waals surface area contributed by atoms with Gasteiger partial charge in [0.25, 0.3) is 0 Å². The van der Waals surface area contributed by atoms with Gasteiger partial charge in [0, 0.05) is 18.8 Å². The van der Waals surface area contributed by atoms with Gasteiger partial charge in [0.05, 0.1) is 17.0 Å². The van der Waals surface area contributed by atoms with E-state index in [1.807, 2.05) is 6.92 Å². The van der Waals surface area contributed by atoms with Gasteiger partial charge >= 0.3 is 5.97 Å². The van der Waals surface area contributed by atoms with Crippen molar-refractivity contribution in [1.82, 2.24) is 0 Å². The number of hydrogen-bond donors (Lipinski definition) is 1. The monoisotopic (exact) mass is 354 g/mol. The van der Waals surface area contributed by atoms with Crippen LogP contribution in [0.4, 0.5) is 11.4 Å². The summed E-state index contributed by atoms with van der Waals surface area (Å²) in [5, 5.41) is 3.14. The Hall–Kier alpha value is -1.76. The van der Waals surface area contributed by atoms with Crippen molar-refractivity contribution in [2.24, 2.45) is 0 Å². The summed E-state index contributed by atoms with van der Waals surface area (Å²) in [7, 11) is -3.33. The van der Waals surface area contributed by atoms with E-state index in [0.29, 0.717) is 36.4 Å². The minimum atomic E-state index is -3.33. The Balaban J connectivity index is 2.42. The second-order valence-electron chi connectivity index (χ2n) is 6.90. The van der Waals surface area contributed by atoms with Crippen LogP contribution in [0.2, 0.25) is 0 Å². The first kappa shape index (κ1) is 18.6. The van der Waals surface area contributed by atoms with Crippen LogP contribution in [-0.4, -0.2) is 38.8 Å². The molecule has 0 saturated carbocycles. The summed E-state index contributed by atoms with van der Waals surface area (Å²) in [6.45, 7) is 8.45. The fourth-order valence-corrected chi connectivity index (χ4v) is 4.22. The molecular formula is C17H26N2O4S. The minimum Gasteiger partial charge on any atom is -0.456 e. The maximum atomic E-state index is 12.4. The highest BCUT2D eigenvalue weighted by atomic mass is 32.2. The first-order valence-corrected chi connectivity index (χ1v) is 9.86. The average Bonchev–Trinajstić information content (AvgIpc) is 2.45. The van der Waals surface area contributed by atoms with E-state index in [1.165, 1.54) is 4.31 Å². The second kappa shape index (κ2) is 7.01. The van der Waals surface area contributed by atoms with E-state index in [2.05, 4.69) is 5.32 Å². The molecule has 1 aliphatic heterocycles. The number of rotatable bonds is 4. The van der Waals surface area contributed by atoms with E-state index >= 15 is 0 Å². The number of nitrogens with zero attached hydrogens (tertiary/aromatic N) is 1. The molecule has 0 spiro atoms. The van der Waals surface area contributed by atoms with Crippen molar-refractivity contribution in [3.05, 3.63) is 23.8 Å². The van der Waals surface area contributed by atoms with Crippen molar-refractivity contribution in [2.45, 2.75) is 46.1 Å². The van der Waals surface area contributed by atoms with Gasteiger partial charge in [-0.05, 0) is 58.7 Å². The van der Waals surface area contributed by atoms with Crippen molar-refractivity contribution in [3.63, 3.8) is 0 Å². The number of carbonyl (C=O) groups is 1. The topological polar surface area (TPSA) is 75.7 Å². The molecule has 0 radical (unpaired) electrons. The standard InChI is InChI=1S/C17H26N2O4S/c1-5-18-14-10-13(16(20)23-17(2,3)4)11-15(12-14)19-8-6-7-9-24(19,21)22/h10-12,18H,5-9H2,1-4H3. The lowest BCUT2D eigenvalue weighted by atomic mass is 10.1. The summed E-state index contributed by atoms with van der Waals surface area (Å²) in [6.07, 6.45) is 1.48. The molecule has 1 heterocycles. The van der Waals surface area contributed by atoms with E-state index in [0.717, 1.165) is 6.42 Å². The molecular weight excluding hydrogens is 328 g/mol. The van der Waals surface area contributed by atoms with Gasteiger partial charge in [0.15, 0.2) is 0 Å². The van der Waals surface area contributed by atoms with Crippen LogP contribution in [0, 0.1) is 0 Å². The Bertz CT molecular complexity index is 708. The lowest BCUT2D eigenvalue weighted by Gasteiger charge is -2.29. The third kappa shape index (κ3) is 4.63. The predicted molar refractivity (Wildman–Crippen MR) is 96.1 cm³/mol. The van der Waals surface area contributed by atoms with Gasteiger partial charge < -0.3 is 10.1 Å². The van der Waals surface area contributed by atoms with Gasteiger partial charge in [-0.2, -0.15) is 0 Å². The van der Waals surface area contributed by atoms with Gasteiger partial charge in [-0.15, -0.1) is 0 Å². The maximum Gasteiger partial charge on any atom is 0.338 e. The molecule has 0 aliphatic carbocycles. The van der Waals surface area contributed by atoms with Crippen LogP contribution in [0.5, 0.6) is 0 Å². The van der Waals surface area contributed by atoms with Crippen molar-refractivity contribution in [1.29, 1.82) is 0 Å². The summed E-state index contributed by atoms with van der Waals surface area (Å²) in [5.41, 5.74) is 0.951. The molecule has 134 valence electrons. The summed E-state index contributed by atoms with van der Waals surface area (Å²) in [5.74, 6) is -0.321. The van der Waals surface area contributed by atoms with Crippen molar-refractivity contribution in [2.75, 3.05) is 28.5 Å². The molecule has 7 heteroatoms. The normalized spacial score (nSPS) is 17.4. The predicted octanol–water partition coefficient (Wildman–Crippen LogP) is 3.00. The van der Waals surface area contributed by atoms with Crippen LogP contribution in [0.15, 0.2) is 18.2 Å². The van der Waals surface area contributed by atoms with Crippen molar-refractivity contribution >= 4 is 27.4 Å². The second-order valence-corrected chi connectivity index (χ2v) is 8.91. The quantitative estimate of drug-likeness (QED) is 0.841. The summed E-state index contributed by atoms with van der Waals surface area (Å²) < 4.78 is 31.5. The molecule has 2 rings (SSSR count). The van der Waals surface area contributed by atoms with Gasteiger partial charge in [-0.3, -0.25) is 4.31 Å². The number of esters is 1. The Morgan fingerprint density at radius 1 is 1.25 bits per heavy atom. The Morgan fingerprint density at radius 3 is 2.54 bits per heavy atom. The van der Waals surface area contributed by atoms with E-state index in [9.17, 15) is 13.2 Å². The largest absolute Gasteiger partial charge is 0.456 e. The zero-order valence-electron chi connectivity index (χ0n) is 14.8. The zero-order chi connectivity index (χ0) is 18.0. The Kier molecular flexibility index (Phi) is 5.42. The van der Waals surface area contributed by atoms with E-state index in [-0.39, 0.29) is 5.75 Å². The van der Waals surface area contributed by atoms with Crippen LogP contribution in [0.3, 0.4) is 0 Å². The van der Waals surface area contributed by atoms with Crippen molar-refractivity contribution < 1.29 is 17.9 Å². The lowest BCUT2D eigenvalue weighted by molar-refractivity contribution is 0.00696. The Labute approximate surface area is 144 Å². The first-order chi connectivity index (χ1) is 11.1. The highest BCUT2D eigenvalue weighted by Gasteiger charge is 2.27. The van der Waals surface area contributed by atoms with Crippen molar-refractivity contribution in [3.8, 4) is 0 Å². The van der Waals surface area contributed by atoms with E-state index < -0.39 is 21.6 Å². The van der Waals surface area contributed by atoms with Gasteiger partial charge in [-0.1, -0.05) is 0 Å². The molecule has 0 amide bonds. The summed E-state index contributed by atoms with van der Waals surface area (Å²) >= 11 is 0. The highest BCUT2D eigenvalue weighted by molar-refractivity contribution is 7.92. The fourth-order valence-electron chi connectivity index (χ4n) is 2.60. The molecule has 1 N–H and O–H groups in total. The van der Waals surface area contributed by atoms with Gasteiger partial charge in [0.2, 0.25) is 10.0 Å². The summed E-state index contributed by atoms with van der Waals surface area (Å²) in [4.78, 5) is 12.4.